The van der Waals surface area contributed by atoms with E-state index in [0.717, 1.165) is 21.7 Å². The number of aromatic nitrogens is 5. The quantitative estimate of drug-likeness (QED) is 0.370. The van der Waals surface area contributed by atoms with Crippen LogP contribution in [0.2, 0.25) is 0 Å². The van der Waals surface area contributed by atoms with Crippen LogP contribution in [0.4, 0.5) is 22.0 Å². The second kappa shape index (κ2) is 9.61. The number of nitrogens with zero attached hydrogens (tertiary/aromatic N) is 6. The number of fused-ring (bicyclic) bond motifs is 2. The third-order valence-electron chi connectivity index (χ3n) is 7.07. The standard InChI is InChI=1S/C25H26F5N7O/c1-4-35(11-16-5-13(2)14(3)33-16)24(38)19-7-20-17(8-31-19)22(34-37(20)12-25(28,29)30)21-9-32-23-18(27)6-15(26)10-36(21)23/h6-10,13-14,16,33H,4-5,11-12H2,1-3H3. The molecule has 5 rings (SSSR count). The summed E-state index contributed by atoms with van der Waals surface area (Å²) in [5, 5.41) is 7.75. The summed E-state index contributed by atoms with van der Waals surface area (Å²) in [6.07, 6.45) is -0.277. The van der Waals surface area contributed by atoms with Gasteiger partial charge in [-0.2, -0.15) is 18.3 Å². The molecule has 202 valence electrons. The fourth-order valence-corrected chi connectivity index (χ4v) is 5.02. The summed E-state index contributed by atoms with van der Waals surface area (Å²) < 4.78 is 70.2. The van der Waals surface area contributed by atoms with Crippen molar-refractivity contribution in [3.05, 3.63) is 48.1 Å². The average molecular weight is 536 g/mol. The van der Waals surface area contributed by atoms with E-state index < -0.39 is 30.3 Å². The summed E-state index contributed by atoms with van der Waals surface area (Å²) in [6, 6.07) is 2.36. The van der Waals surface area contributed by atoms with E-state index in [4.69, 9.17) is 0 Å². The van der Waals surface area contributed by atoms with Crippen LogP contribution in [0, 0.1) is 17.6 Å². The molecule has 8 nitrogen and oxygen atoms in total. The van der Waals surface area contributed by atoms with Gasteiger partial charge in [-0.3, -0.25) is 18.9 Å². The van der Waals surface area contributed by atoms with Gasteiger partial charge in [0.25, 0.3) is 5.91 Å². The molecule has 1 N–H and O–H groups in total. The number of likely N-dealkylation sites (N-methyl/N-ethyl adjacent to an activating group) is 1. The molecule has 3 unspecified atom stereocenters. The van der Waals surface area contributed by atoms with Gasteiger partial charge in [0, 0.05) is 49.0 Å². The first kappa shape index (κ1) is 26.0. The molecule has 1 aliphatic rings. The molecule has 3 atom stereocenters. The van der Waals surface area contributed by atoms with Crippen LogP contribution in [0.25, 0.3) is 27.9 Å². The van der Waals surface area contributed by atoms with E-state index in [2.05, 4.69) is 34.2 Å². The van der Waals surface area contributed by atoms with Crippen LogP contribution in [-0.4, -0.2) is 66.3 Å². The van der Waals surface area contributed by atoms with Crippen molar-refractivity contribution < 1.29 is 26.7 Å². The maximum absolute atomic E-state index is 14.2. The summed E-state index contributed by atoms with van der Waals surface area (Å²) in [5.41, 5.74) is -0.138. The number of hydrogen-bond acceptors (Lipinski definition) is 5. The first-order chi connectivity index (χ1) is 17.9. The first-order valence-corrected chi connectivity index (χ1v) is 12.3. The highest BCUT2D eigenvalue weighted by atomic mass is 19.4. The molecule has 1 aliphatic heterocycles. The predicted octanol–water partition coefficient (Wildman–Crippen LogP) is 4.44. The number of rotatable bonds is 6. The van der Waals surface area contributed by atoms with E-state index >= 15 is 0 Å². The molecule has 4 aromatic rings. The van der Waals surface area contributed by atoms with Crippen LogP contribution in [0.5, 0.6) is 0 Å². The minimum Gasteiger partial charge on any atom is -0.336 e. The molecule has 0 saturated carbocycles. The predicted molar refractivity (Wildman–Crippen MR) is 129 cm³/mol. The van der Waals surface area contributed by atoms with Crippen molar-refractivity contribution in [3.63, 3.8) is 0 Å². The lowest BCUT2D eigenvalue weighted by atomic mass is 10.0. The van der Waals surface area contributed by atoms with Gasteiger partial charge in [-0.05, 0) is 32.3 Å². The molecule has 1 amide bonds. The molecule has 0 bridgehead atoms. The van der Waals surface area contributed by atoms with Crippen molar-refractivity contribution in [2.24, 2.45) is 5.92 Å². The molecule has 1 fully saturated rings. The normalized spacial score (nSPS) is 20.1. The Balaban J connectivity index is 1.56. The lowest BCUT2D eigenvalue weighted by Crippen LogP contribution is -2.42. The Morgan fingerprint density at radius 2 is 1.95 bits per heavy atom. The van der Waals surface area contributed by atoms with Gasteiger partial charge in [-0.1, -0.05) is 6.92 Å². The minimum absolute atomic E-state index is 0.00118. The Labute approximate surface area is 214 Å². The van der Waals surface area contributed by atoms with Crippen LogP contribution in [0.1, 0.15) is 37.7 Å². The number of alkyl halides is 3. The monoisotopic (exact) mass is 535 g/mol. The molecule has 5 heterocycles. The van der Waals surface area contributed by atoms with Crippen molar-refractivity contribution in [2.75, 3.05) is 13.1 Å². The second-order valence-electron chi connectivity index (χ2n) is 9.76. The average Bonchev–Trinajstić information content (AvgIpc) is 3.51. The Hall–Kier alpha value is -3.61. The summed E-state index contributed by atoms with van der Waals surface area (Å²) in [5.74, 6) is -1.77. The molecule has 1 saturated heterocycles. The topological polar surface area (TPSA) is 80.3 Å². The van der Waals surface area contributed by atoms with Gasteiger partial charge in [-0.15, -0.1) is 0 Å². The van der Waals surface area contributed by atoms with E-state index in [-0.39, 0.29) is 39.7 Å². The zero-order valence-electron chi connectivity index (χ0n) is 20.9. The van der Waals surface area contributed by atoms with E-state index in [1.54, 1.807) is 4.90 Å². The third-order valence-corrected chi connectivity index (χ3v) is 7.07. The van der Waals surface area contributed by atoms with Crippen LogP contribution >= 0.6 is 0 Å². The number of imidazole rings is 1. The Morgan fingerprint density at radius 3 is 2.61 bits per heavy atom. The lowest BCUT2D eigenvalue weighted by Gasteiger charge is -2.24. The molecule has 13 heteroatoms. The van der Waals surface area contributed by atoms with Crippen molar-refractivity contribution in [1.29, 1.82) is 0 Å². The van der Waals surface area contributed by atoms with Crippen LogP contribution in [0.15, 0.2) is 30.7 Å². The van der Waals surface area contributed by atoms with E-state index in [9.17, 15) is 26.7 Å². The summed E-state index contributed by atoms with van der Waals surface area (Å²) in [6.45, 7) is 5.45. The number of nitrogens with one attached hydrogen (secondary N) is 1. The molecule has 38 heavy (non-hydrogen) atoms. The fraction of sp³-hybridized carbons (Fsp3) is 0.440. The molecular formula is C25H26F5N7O. The molecule has 4 aromatic heterocycles. The molecule has 0 aromatic carbocycles. The fourth-order valence-electron chi connectivity index (χ4n) is 5.02. The zero-order valence-corrected chi connectivity index (χ0v) is 20.9. The maximum atomic E-state index is 14.2. The number of pyridine rings is 2. The number of hydrogen-bond donors (Lipinski definition) is 1. The zero-order chi connectivity index (χ0) is 27.4. The summed E-state index contributed by atoms with van der Waals surface area (Å²) >= 11 is 0. The molecule has 0 radical (unpaired) electrons. The highest BCUT2D eigenvalue weighted by molar-refractivity contribution is 5.99. The van der Waals surface area contributed by atoms with E-state index in [0.29, 0.717) is 31.1 Å². The molecule has 0 spiro atoms. The van der Waals surface area contributed by atoms with Gasteiger partial charge in [0.2, 0.25) is 0 Å². The van der Waals surface area contributed by atoms with Crippen molar-refractivity contribution in [1.82, 2.24) is 34.4 Å². The molecular weight excluding hydrogens is 509 g/mol. The second-order valence-corrected chi connectivity index (χ2v) is 9.76. The smallest absolute Gasteiger partial charge is 0.336 e. The highest BCUT2D eigenvalue weighted by Crippen LogP contribution is 2.31. The van der Waals surface area contributed by atoms with Crippen molar-refractivity contribution in [3.8, 4) is 11.4 Å². The summed E-state index contributed by atoms with van der Waals surface area (Å²) in [4.78, 5) is 23.1. The Kier molecular flexibility index (Phi) is 6.58. The summed E-state index contributed by atoms with van der Waals surface area (Å²) in [7, 11) is 0. The minimum atomic E-state index is -4.61. The number of carbonyl (C=O) groups is 1. The lowest BCUT2D eigenvalue weighted by molar-refractivity contribution is -0.141. The van der Waals surface area contributed by atoms with Crippen LogP contribution in [-0.2, 0) is 6.54 Å². The van der Waals surface area contributed by atoms with Gasteiger partial charge < -0.3 is 10.2 Å². The van der Waals surface area contributed by atoms with Gasteiger partial charge >= 0.3 is 6.18 Å². The largest absolute Gasteiger partial charge is 0.408 e. The van der Waals surface area contributed by atoms with Crippen LogP contribution in [0.3, 0.4) is 0 Å². The Morgan fingerprint density at radius 1 is 1.18 bits per heavy atom. The van der Waals surface area contributed by atoms with Crippen molar-refractivity contribution >= 4 is 22.5 Å². The SMILES string of the molecule is CCN(CC1CC(C)C(C)N1)C(=O)c1cc2c(cn1)c(-c1cnc3c(F)cc(F)cn13)nn2CC(F)(F)F. The van der Waals surface area contributed by atoms with E-state index in [1.165, 1.54) is 18.5 Å². The first-order valence-electron chi connectivity index (χ1n) is 12.3. The van der Waals surface area contributed by atoms with Gasteiger partial charge in [0.05, 0.1) is 17.4 Å². The van der Waals surface area contributed by atoms with Crippen molar-refractivity contribution in [2.45, 2.75) is 52.0 Å². The van der Waals surface area contributed by atoms with Gasteiger partial charge in [0.1, 0.15) is 23.7 Å². The molecule has 0 aliphatic carbocycles. The third kappa shape index (κ3) is 4.82. The number of carbonyl (C=O) groups excluding carboxylic acids is 1. The van der Waals surface area contributed by atoms with Gasteiger partial charge in [-0.25, -0.2) is 13.8 Å². The van der Waals surface area contributed by atoms with E-state index in [1.807, 2.05) is 6.92 Å². The number of halogens is 5. The number of amides is 1. The van der Waals surface area contributed by atoms with Crippen LogP contribution < -0.4 is 5.32 Å². The van der Waals surface area contributed by atoms with Gasteiger partial charge in [0.15, 0.2) is 11.5 Å². The maximum Gasteiger partial charge on any atom is 0.408 e. The Bertz CT molecular complexity index is 1500. The highest BCUT2D eigenvalue weighted by Gasteiger charge is 2.32.